The van der Waals surface area contributed by atoms with Crippen molar-refractivity contribution in [3.8, 4) is 0 Å². The lowest BCUT2D eigenvalue weighted by atomic mass is 10.3. The smallest absolute Gasteiger partial charge is 0.197 e. The average molecular weight is 184 g/mol. The Morgan fingerprint density at radius 1 is 1.67 bits per heavy atom. The second-order valence-corrected chi connectivity index (χ2v) is 3.29. The Bertz CT molecular complexity index is 293. The van der Waals surface area contributed by atoms with Crippen LogP contribution in [0.5, 0.6) is 0 Å². The number of ketones is 1. The second-order valence-electron chi connectivity index (χ2n) is 2.50. The predicted octanol–water partition coefficient (Wildman–Crippen LogP) is 2.03. The van der Waals surface area contributed by atoms with Crippen LogP contribution in [0.25, 0.3) is 0 Å². The van der Waals surface area contributed by atoms with Gasteiger partial charge in [-0.05, 0) is 13.2 Å². The fraction of sp³-hybridized carbons (Fsp3) is 0.500. The number of nitrogens with one attached hydrogen (secondary N) is 1. The van der Waals surface area contributed by atoms with Gasteiger partial charge in [0.1, 0.15) is 5.03 Å². The van der Waals surface area contributed by atoms with Gasteiger partial charge in [0.25, 0.3) is 0 Å². The molecule has 0 radical (unpaired) electrons. The van der Waals surface area contributed by atoms with E-state index in [1.165, 1.54) is 0 Å². The number of aromatic nitrogens is 2. The zero-order valence-corrected chi connectivity index (χ0v) is 8.29. The van der Waals surface area contributed by atoms with Crippen LogP contribution in [0, 0.1) is 6.92 Å². The molecule has 0 amide bonds. The summed E-state index contributed by atoms with van der Waals surface area (Å²) in [6.45, 7) is 3.75. The van der Waals surface area contributed by atoms with E-state index in [0.717, 1.165) is 10.7 Å². The van der Waals surface area contributed by atoms with Gasteiger partial charge in [0.15, 0.2) is 11.6 Å². The molecule has 0 bridgehead atoms. The normalized spacial score (nSPS) is 10.2. The van der Waals surface area contributed by atoms with Gasteiger partial charge in [0, 0.05) is 12.1 Å². The molecule has 0 aliphatic heterocycles. The summed E-state index contributed by atoms with van der Waals surface area (Å²) in [6, 6.07) is 0. The van der Waals surface area contributed by atoms with Crippen molar-refractivity contribution in [2.75, 3.05) is 6.26 Å². The third-order valence-corrected chi connectivity index (χ3v) is 2.40. The van der Waals surface area contributed by atoms with Gasteiger partial charge in [0.05, 0.1) is 0 Å². The molecular formula is C8H12N2OS. The highest BCUT2D eigenvalue weighted by Crippen LogP contribution is 2.16. The van der Waals surface area contributed by atoms with Crippen LogP contribution >= 0.6 is 11.8 Å². The molecule has 66 valence electrons. The lowest BCUT2D eigenvalue weighted by molar-refractivity contribution is 0.0978. The minimum absolute atomic E-state index is 0.0680. The van der Waals surface area contributed by atoms with Crippen LogP contribution in [-0.2, 0) is 0 Å². The lowest BCUT2D eigenvalue weighted by Gasteiger charge is -1.87. The Balaban J connectivity index is 2.96. The highest BCUT2D eigenvalue weighted by Gasteiger charge is 2.10. The summed E-state index contributed by atoms with van der Waals surface area (Å²) in [4.78, 5) is 18.3. The molecule has 12 heavy (non-hydrogen) atoms. The topological polar surface area (TPSA) is 45.8 Å². The number of hydrogen-bond acceptors (Lipinski definition) is 3. The van der Waals surface area contributed by atoms with Crippen LogP contribution in [0.1, 0.15) is 29.7 Å². The molecule has 0 saturated heterocycles. The fourth-order valence-electron chi connectivity index (χ4n) is 0.943. The quantitative estimate of drug-likeness (QED) is 0.577. The number of H-pyrrole nitrogens is 1. The van der Waals surface area contributed by atoms with Crippen molar-refractivity contribution < 1.29 is 4.79 Å². The van der Waals surface area contributed by atoms with Crippen LogP contribution < -0.4 is 0 Å². The Morgan fingerprint density at radius 3 is 2.75 bits per heavy atom. The van der Waals surface area contributed by atoms with Crippen LogP contribution in [0.2, 0.25) is 0 Å². The van der Waals surface area contributed by atoms with Gasteiger partial charge in [-0.1, -0.05) is 6.92 Å². The molecule has 0 saturated carbocycles. The molecule has 0 aromatic carbocycles. The number of carbonyl (C=O) groups is 1. The molecule has 1 aromatic heterocycles. The molecule has 1 rings (SSSR count). The standard InChI is InChI=1S/C8H12N2OS/c1-4-6(11)7-9-5(2)8(10-7)12-3/h4H2,1-3H3,(H,9,10). The zero-order chi connectivity index (χ0) is 9.14. The molecule has 0 spiro atoms. The van der Waals surface area contributed by atoms with Crippen molar-refractivity contribution in [3.05, 3.63) is 11.5 Å². The first kappa shape index (κ1) is 9.32. The monoisotopic (exact) mass is 184 g/mol. The first-order chi connectivity index (χ1) is 5.69. The van der Waals surface area contributed by atoms with Gasteiger partial charge in [-0.15, -0.1) is 11.8 Å². The van der Waals surface area contributed by atoms with E-state index >= 15 is 0 Å². The van der Waals surface area contributed by atoms with Crippen LogP contribution in [0.15, 0.2) is 5.03 Å². The minimum atomic E-state index is 0.0680. The molecule has 1 aromatic rings. The summed E-state index contributed by atoms with van der Waals surface area (Å²) in [6.07, 6.45) is 2.45. The number of nitrogens with zero attached hydrogens (tertiary/aromatic N) is 1. The van der Waals surface area contributed by atoms with E-state index in [-0.39, 0.29) is 5.78 Å². The van der Waals surface area contributed by atoms with Gasteiger partial charge in [-0.25, -0.2) is 4.98 Å². The van der Waals surface area contributed by atoms with Crippen molar-refractivity contribution in [1.29, 1.82) is 0 Å². The van der Waals surface area contributed by atoms with Crippen LogP contribution in [0.3, 0.4) is 0 Å². The highest BCUT2D eigenvalue weighted by molar-refractivity contribution is 7.98. The van der Waals surface area contributed by atoms with Gasteiger partial charge < -0.3 is 4.98 Å². The molecule has 0 atom stereocenters. The summed E-state index contributed by atoms with van der Waals surface area (Å²) in [5, 5.41) is 0.909. The van der Waals surface area contributed by atoms with Crippen molar-refractivity contribution in [1.82, 2.24) is 9.97 Å². The third kappa shape index (κ3) is 1.69. The Hall–Kier alpha value is -0.770. The van der Waals surface area contributed by atoms with Crippen LogP contribution in [-0.4, -0.2) is 22.0 Å². The van der Waals surface area contributed by atoms with Crippen molar-refractivity contribution in [2.24, 2.45) is 0 Å². The summed E-state index contributed by atoms with van der Waals surface area (Å²) in [7, 11) is 0. The van der Waals surface area contributed by atoms with E-state index in [1.807, 2.05) is 20.1 Å². The van der Waals surface area contributed by atoms with Crippen molar-refractivity contribution in [2.45, 2.75) is 25.3 Å². The van der Waals surface area contributed by atoms with Crippen LogP contribution in [0.4, 0.5) is 0 Å². The Kier molecular flexibility index (Phi) is 2.92. The molecule has 0 fully saturated rings. The maximum atomic E-state index is 11.2. The van der Waals surface area contributed by atoms with E-state index in [9.17, 15) is 4.79 Å². The number of Topliss-reactive ketones (excluding diaryl/α,β-unsaturated/α-hetero) is 1. The summed E-state index contributed by atoms with van der Waals surface area (Å²) in [5.41, 5.74) is 0.972. The number of imidazole rings is 1. The van der Waals surface area contributed by atoms with Gasteiger partial charge >= 0.3 is 0 Å². The number of aryl methyl sites for hydroxylation is 1. The molecular weight excluding hydrogens is 172 g/mol. The first-order valence-corrected chi connectivity index (χ1v) is 5.05. The van der Waals surface area contributed by atoms with Gasteiger partial charge in [0.2, 0.25) is 0 Å². The van der Waals surface area contributed by atoms with E-state index in [4.69, 9.17) is 0 Å². The number of rotatable bonds is 3. The Labute approximate surface area is 76.0 Å². The molecule has 0 aliphatic rings. The number of aromatic amines is 1. The minimum Gasteiger partial charge on any atom is -0.339 e. The molecule has 3 nitrogen and oxygen atoms in total. The third-order valence-electron chi connectivity index (χ3n) is 1.62. The molecule has 0 unspecified atom stereocenters. The van der Waals surface area contributed by atoms with Crippen molar-refractivity contribution in [3.63, 3.8) is 0 Å². The van der Waals surface area contributed by atoms with E-state index in [2.05, 4.69) is 9.97 Å². The fourth-order valence-corrected chi connectivity index (χ4v) is 1.48. The maximum Gasteiger partial charge on any atom is 0.197 e. The number of thioether (sulfide) groups is 1. The molecule has 0 aliphatic carbocycles. The molecule has 1 heterocycles. The number of hydrogen-bond donors (Lipinski definition) is 1. The average Bonchev–Trinajstić information content (AvgIpc) is 2.45. The van der Waals surface area contributed by atoms with Crippen molar-refractivity contribution >= 4 is 17.5 Å². The largest absolute Gasteiger partial charge is 0.339 e. The Morgan fingerprint density at radius 2 is 2.33 bits per heavy atom. The van der Waals surface area contributed by atoms with E-state index in [0.29, 0.717) is 12.2 Å². The first-order valence-electron chi connectivity index (χ1n) is 3.82. The van der Waals surface area contributed by atoms with E-state index in [1.54, 1.807) is 11.8 Å². The molecule has 1 N–H and O–H groups in total. The lowest BCUT2D eigenvalue weighted by Crippen LogP contribution is -1.98. The maximum absolute atomic E-state index is 11.2. The predicted molar refractivity (Wildman–Crippen MR) is 49.7 cm³/mol. The zero-order valence-electron chi connectivity index (χ0n) is 7.47. The summed E-state index contributed by atoms with van der Waals surface area (Å²) < 4.78 is 0. The molecule has 4 heteroatoms. The highest BCUT2D eigenvalue weighted by atomic mass is 32.2. The van der Waals surface area contributed by atoms with E-state index < -0.39 is 0 Å². The number of carbonyl (C=O) groups excluding carboxylic acids is 1. The second kappa shape index (κ2) is 3.76. The summed E-state index contributed by atoms with van der Waals surface area (Å²) in [5.74, 6) is 0.553. The van der Waals surface area contributed by atoms with Gasteiger partial charge in [-0.2, -0.15) is 0 Å². The SMILES string of the molecule is CCC(=O)c1nc(SC)c(C)[nH]1. The van der Waals surface area contributed by atoms with Gasteiger partial charge in [-0.3, -0.25) is 4.79 Å². The summed E-state index contributed by atoms with van der Waals surface area (Å²) >= 11 is 1.55.